The zero-order valence-electron chi connectivity index (χ0n) is 11.0. The third-order valence-corrected chi connectivity index (χ3v) is 3.01. The number of carbonyl (C=O) groups excluding carboxylic acids is 1. The Kier molecular flexibility index (Phi) is 3.35. The van der Waals surface area contributed by atoms with Crippen molar-refractivity contribution in [3.8, 4) is 0 Å². The second kappa shape index (κ2) is 5.30. The minimum Gasteiger partial charge on any atom is -0.336 e. The van der Waals surface area contributed by atoms with Crippen LogP contribution in [0.5, 0.6) is 0 Å². The van der Waals surface area contributed by atoms with Gasteiger partial charge in [-0.2, -0.15) is 0 Å². The zero-order chi connectivity index (χ0) is 13.1. The number of amides is 1. The van der Waals surface area contributed by atoms with E-state index in [-0.39, 0.29) is 23.9 Å². The first kappa shape index (κ1) is 10.8. The normalized spacial score (nSPS) is 17.4. The SMILES string of the molecule is [2H][C@H](C)CCN(C(=O)c1ccccc1F)C1CC1. The summed E-state index contributed by atoms with van der Waals surface area (Å²) >= 11 is 0. The Bertz CT molecular complexity index is 432. The molecule has 2 nitrogen and oxygen atoms in total. The standard InChI is InChI=1S/C14H18FNO/c1-2-3-10-16(11-8-9-11)14(17)12-6-4-5-7-13(12)15/h4-7,11H,2-3,8-10H2,1H3/i2D/t2-/m1/s1. The molecule has 3 heteroatoms. The molecule has 0 unspecified atom stereocenters. The van der Waals surface area contributed by atoms with E-state index in [4.69, 9.17) is 1.37 Å². The third kappa shape index (κ3) is 2.84. The lowest BCUT2D eigenvalue weighted by atomic mass is 10.1. The summed E-state index contributed by atoms with van der Waals surface area (Å²) in [6.45, 7) is 2.35. The van der Waals surface area contributed by atoms with Crippen LogP contribution in [0, 0.1) is 5.82 Å². The van der Waals surface area contributed by atoms with Crippen molar-refractivity contribution >= 4 is 5.91 Å². The Morgan fingerprint density at radius 2 is 2.24 bits per heavy atom. The topological polar surface area (TPSA) is 20.3 Å². The second-order valence-corrected chi connectivity index (χ2v) is 4.41. The molecule has 92 valence electrons. The third-order valence-electron chi connectivity index (χ3n) is 3.01. The molecule has 0 bridgehead atoms. The molecule has 17 heavy (non-hydrogen) atoms. The predicted molar refractivity (Wildman–Crippen MR) is 65.4 cm³/mol. The second-order valence-electron chi connectivity index (χ2n) is 4.41. The fourth-order valence-corrected chi connectivity index (χ4v) is 1.89. The summed E-state index contributed by atoms with van der Waals surface area (Å²) in [5.41, 5.74) is 0.141. The van der Waals surface area contributed by atoms with Gasteiger partial charge in [0.25, 0.3) is 5.91 Å². The zero-order valence-corrected chi connectivity index (χ0v) is 10.0. The summed E-state index contributed by atoms with van der Waals surface area (Å²) in [4.78, 5) is 14.0. The van der Waals surface area contributed by atoms with Crippen molar-refractivity contribution in [3.63, 3.8) is 0 Å². The first-order valence-corrected chi connectivity index (χ1v) is 6.07. The van der Waals surface area contributed by atoms with Crippen LogP contribution in [-0.4, -0.2) is 23.4 Å². The van der Waals surface area contributed by atoms with Crippen LogP contribution in [0.15, 0.2) is 24.3 Å². The van der Waals surface area contributed by atoms with E-state index >= 15 is 0 Å². The lowest BCUT2D eigenvalue weighted by molar-refractivity contribution is 0.0736. The molecule has 0 aromatic heterocycles. The highest BCUT2D eigenvalue weighted by Crippen LogP contribution is 2.29. The molecule has 0 radical (unpaired) electrons. The van der Waals surface area contributed by atoms with Gasteiger partial charge in [-0.3, -0.25) is 4.79 Å². The van der Waals surface area contributed by atoms with Gasteiger partial charge in [-0.25, -0.2) is 4.39 Å². The molecule has 0 spiro atoms. The molecule has 1 aromatic carbocycles. The van der Waals surface area contributed by atoms with Gasteiger partial charge < -0.3 is 4.90 Å². The molecule has 1 aromatic rings. The van der Waals surface area contributed by atoms with Gasteiger partial charge in [-0.1, -0.05) is 25.5 Å². The van der Waals surface area contributed by atoms with Crippen LogP contribution in [0.4, 0.5) is 4.39 Å². The van der Waals surface area contributed by atoms with Crippen molar-refractivity contribution in [2.24, 2.45) is 0 Å². The molecule has 1 aliphatic rings. The van der Waals surface area contributed by atoms with Crippen molar-refractivity contribution in [2.75, 3.05) is 6.54 Å². The molecular weight excluding hydrogens is 217 g/mol. The van der Waals surface area contributed by atoms with Gasteiger partial charge in [-0.15, -0.1) is 0 Å². The van der Waals surface area contributed by atoms with Crippen LogP contribution in [-0.2, 0) is 0 Å². The number of carbonyl (C=O) groups is 1. The number of rotatable bonds is 5. The van der Waals surface area contributed by atoms with Crippen LogP contribution < -0.4 is 0 Å². The maximum atomic E-state index is 13.6. The minimum atomic E-state index is -0.466. The van der Waals surface area contributed by atoms with Crippen molar-refractivity contribution in [2.45, 2.75) is 38.6 Å². The Hall–Kier alpha value is -1.38. The molecular formula is C14H18FNO. The van der Waals surface area contributed by atoms with Crippen molar-refractivity contribution in [1.29, 1.82) is 0 Å². The van der Waals surface area contributed by atoms with E-state index in [1.807, 2.05) is 0 Å². The molecule has 1 atom stereocenters. The van der Waals surface area contributed by atoms with Crippen molar-refractivity contribution < 1.29 is 10.6 Å². The van der Waals surface area contributed by atoms with Crippen molar-refractivity contribution in [1.82, 2.24) is 4.90 Å². The average molecular weight is 236 g/mol. The summed E-state index contributed by atoms with van der Waals surface area (Å²) in [6, 6.07) is 6.34. The predicted octanol–water partition coefficient (Wildman–Crippen LogP) is 3.23. The molecule has 1 aliphatic carbocycles. The lowest BCUT2D eigenvalue weighted by Crippen LogP contribution is -2.34. The van der Waals surface area contributed by atoms with E-state index in [1.54, 1.807) is 24.0 Å². The lowest BCUT2D eigenvalue weighted by Gasteiger charge is -2.22. The Morgan fingerprint density at radius 1 is 1.53 bits per heavy atom. The number of benzene rings is 1. The van der Waals surface area contributed by atoms with E-state index in [1.165, 1.54) is 12.1 Å². The quantitative estimate of drug-likeness (QED) is 0.768. The van der Waals surface area contributed by atoms with E-state index in [9.17, 15) is 9.18 Å². The van der Waals surface area contributed by atoms with Gasteiger partial charge in [-0.05, 0) is 31.4 Å². The maximum Gasteiger partial charge on any atom is 0.257 e. The highest BCUT2D eigenvalue weighted by molar-refractivity contribution is 5.94. The Balaban J connectivity index is 2.11. The average Bonchev–Trinajstić information content (AvgIpc) is 3.13. The van der Waals surface area contributed by atoms with Gasteiger partial charge in [0.05, 0.1) is 5.56 Å². The molecule has 1 amide bonds. The van der Waals surface area contributed by atoms with Gasteiger partial charge in [0, 0.05) is 14.0 Å². The van der Waals surface area contributed by atoms with Crippen LogP contribution >= 0.6 is 0 Å². The molecule has 1 fully saturated rings. The molecule has 0 aliphatic heterocycles. The van der Waals surface area contributed by atoms with Crippen LogP contribution in [0.25, 0.3) is 0 Å². The number of halogens is 1. The molecule has 0 heterocycles. The fourth-order valence-electron chi connectivity index (χ4n) is 1.89. The van der Waals surface area contributed by atoms with Gasteiger partial charge in [0.1, 0.15) is 5.82 Å². The molecule has 2 rings (SSSR count). The highest BCUT2D eigenvalue weighted by Gasteiger charge is 2.33. The fraction of sp³-hybridized carbons (Fsp3) is 0.500. The maximum absolute atomic E-state index is 13.6. The van der Waals surface area contributed by atoms with E-state index in [0.717, 1.165) is 12.8 Å². The summed E-state index contributed by atoms with van der Waals surface area (Å²) < 4.78 is 21.1. The van der Waals surface area contributed by atoms with Gasteiger partial charge in [0.2, 0.25) is 0 Å². The summed E-state index contributed by atoms with van der Waals surface area (Å²) in [5, 5.41) is 0. The Labute approximate surface area is 103 Å². The first-order valence-electron chi connectivity index (χ1n) is 6.65. The van der Waals surface area contributed by atoms with Crippen LogP contribution in [0.3, 0.4) is 0 Å². The van der Waals surface area contributed by atoms with Gasteiger partial charge >= 0.3 is 0 Å². The summed E-state index contributed by atoms with van der Waals surface area (Å²) in [5.74, 6) is -0.705. The minimum absolute atomic E-state index is 0.141. The van der Waals surface area contributed by atoms with E-state index in [2.05, 4.69) is 0 Å². The van der Waals surface area contributed by atoms with Crippen LogP contribution in [0.2, 0.25) is 0 Å². The first-order chi connectivity index (χ1) is 8.59. The van der Waals surface area contributed by atoms with E-state index in [0.29, 0.717) is 13.0 Å². The summed E-state index contributed by atoms with van der Waals surface area (Å²) in [7, 11) is 0. The smallest absolute Gasteiger partial charge is 0.257 e. The van der Waals surface area contributed by atoms with Gasteiger partial charge in [0.15, 0.2) is 0 Å². The highest BCUT2D eigenvalue weighted by atomic mass is 19.1. The van der Waals surface area contributed by atoms with Crippen LogP contribution in [0.1, 0.15) is 44.3 Å². The number of hydrogen-bond acceptors (Lipinski definition) is 1. The largest absolute Gasteiger partial charge is 0.336 e. The number of hydrogen-bond donors (Lipinski definition) is 0. The monoisotopic (exact) mass is 236 g/mol. The molecule has 0 saturated heterocycles. The summed E-state index contributed by atoms with van der Waals surface area (Å²) in [6.07, 6.45) is 2.43. The van der Waals surface area contributed by atoms with Crippen molar-refractivity contribution in [3.05, 3.63) is 35.6 Å². The Morgan fingerprint density at radius 3 is 2.82 bits per heavy atom. The molecule has 1 saturated carbocycles. The number of nitrogens with zero attached hydrogens (tertiary/aromatic N) is 1. The van der Waals surface area contributed by atoms with E-state index < -0.39 is 5.82 Å². The molecule has 0 N–H and O–H groups in total.